The lowest BCUT2D eigenvalue weighted by molar-refractivity contribution is 0.0299. The van der Waals surface area contributed by atoms with Crippen molar-refractivity contribution < 1.29 is 19.1 Å². The summed E-state index contributed by atoms with van der Waals surface area (Å²) < 4.78 is 10.6. The summed E-state index contributed by atoms with van der Waals surface area (Å²) in [6.45, 7) is 12.3. The first-order valence-corrected chi connectivity index (χ1v) is 10.4. The van der Waals surface area contributed by atoms with Crippen LogP contribution in [-0.2, 0) is 9.47 Å². The van der Waals surface area contributed by atoms with E-state index in [4.69, 9.17) is 9.47 Å². The van der Waals surface area contributed by atoms with Crippen LogP contribution in [-0.4, -0.2) is 71.9 Å². The fourth-order valence-electron chi connectivity index (χ4n) is 1.33. The monoisotopic (exact) mass is 380 g/mol. The number of ether oxygens (including phenoxy) is 2. The van der Waals surface area contributed by atoms with E-state index >= 15 is 0 Å². The van der Waals surface area contributed by atoms with Crippen molar-refractivity contribution in [3.05, 3.63) is 0 Å². The normalized spacial score (nSPS) is 11.8. The molecule has 0 unspecified atom stereocenters. The number of hydrogen-bond donors (Lipinski definition) is 0. The van der Waals surface area contributed by atoms with Gasteiger partial charge in [-0.25, -0.2) is 9.59 Å². The molecular formula is C16H32N2O4S2. The summed E-state index contributed by atoms with van der Waals surface area (Å²) >= 11 is 0. The highest BCUT2D eigenvalue weighted by atomic mass is 33.1. The number of rotatable bonds is 7. The molecular weight excluding hydrogens is 348 g/mol. The minimum absolute atomic E-state index is 0.308. The molecule has 6 nitrogen and oxygen atoms in total. The minimum Gasteiger partial charge on any atom is -0.444 e. The van der Waals surface area contributed by atoms with Crippen LogP contribution in [0.4, 0.5) is 9.59 Å². The lowest BCUT2D eigenvalue weighted by Gasteiger charge is -2.25. The molecule has 0 aliphatic heterocycles. The second-order valence-corrected chi connectivity index (χ2v) is 10.1. The zero-order valence-corrected chi connectivity index (χ0v) is 17.8. The zero-order chi connectivity index (χ0) is 19.0. The molecule has 0 aromatic heterocycles. The van der Waals surface area contributed by atoms with Gasteiger partial charge in [0.15, 0.2) is 0 Å². The van der Waals surface area contributed by atoms with E-state index in [1.54, 1.807) is 45.5 Å². The van der Waals surface area contributed by atoms with Gasteiger partial charge in [0, 0.05) is 38.7 Å². The van der Waals surface area contributed by atoms with Crippen molar-refractivity contribution in [1.82, 2.24) is 9.80 Å². The molecule has 0 spiro atoms. The van der Waals surface area contributed by atoms with Gasteiger partial charge in [-0.2, -0.15) is 0 Å². The smallest absolute Gasteiger partial charge is 0.410 e. The predicted molar refractivity (Wildman–Crippen MR) is 103 cm³/mol. The van der Waals surface area contributed by atoms with Gasteiger partial charge in [0.05, 0.1) is 0 Å². The third kappa shape index (κ3) is 12.6. The van der Waals surface area contributed by atoms with E-state index < -0.39 is 11.2 Å². The Hall–Kier alpha value is -0.760. The Bertz CT molecular complexity index is 368. The Morgan fingerprint density at radius 2 is 1.04 bits per heavy atom. The Morgan fingerprint density at radius 1 is 0.750 bits per heavy atom. The SMILES string of the molecule is CN(CCSSCCN(C)C(=O)OC(C)(C)C)C(=O)OC(C)(C)C. The van der Waals surface area contributed by atoms with Crippen LogP contribution in [0.15, 0.2) is 0 Å². The van der Waals surface area contributed by atoms with Crippen molar-refractivity contribution in [1.29, 1.82) is 0 Å². The van der Waals surface area contributed by atoms with Gasteiger partial charge in [0.25, 0.3) is 0 Å². The largest absolute Gasteiger partial charge is 0.444 e. The highest BCUT2D eigenvalue weighted by molar-refractivity contribution is 8.76. The van der Waals surface area contributed by atoms with Gasteiger partial charge in [-0.3, -0.25) is 0 Å². The molecule has 8 heteroatoms. The van der Waals surface area contributed by atoms with Gasteiger partial charge in [-0.15, -0.1) is 0 Å². The van der Waals surface area contributed by atoms with E-state index in [0.29, 0.717) is 13.1 Å². The Labute approximate surface area is 154 Å². The van der Waals surface area contributed by atoms with Crippen LogP contribution in [0.1, 0.15) is 41.5 Å². The zero-order valence-electron chi connectivity index (χ0n) is 16.2. The molecule has 0 fully saturated rings. The second-order valence-electron chi connectivity index (χ2n) is 7.45. The van der Waals surface area contributed by atoms with Crippen LogP contribution in [0, 0.1) is 0 Å². The number of hydrogen-bond acceptors (Lipinski definition) is 6. The number of amides is 2. The van der Waals surface area contributed by atoms with Gasteiger partial charge >= 0.3 is 12.2 Å². The number of carbonyl (C=O) groups excluding carboxylic acids is 2. The lowest BCUT2D eigenvalue weighted by atomic mass is 10.2. The van der Waals surface area contributed by atoms with E-state index in [1.807, 2.05) is 41.5 Å². The van der Waals surface area contributed by atoms with E-state index in [1.165, 1.54) is 0 Å². The standard InChI is InChI=1S/C16H32N2O4S2/c1-15(2,3)21-13(19)17(7)9-11-23-24-12-10-18(8)14(20)22-16(4,5)6/h9-12H2,1-8H3. The van der Waals surface area contributed by atoms with Crippen LogP contribution in [0.3, 0.4) is 0 Å². The van der Waals surface area contributed by atoms with Crippen LogP contribution in [0.2, 0.25) is 0 Å². The molecule has 0 N–H and O–H groups in total. The Kier molecular flexibility index (Phi) is 9.96. The highest BCUT2D eigenvalue weighted by Crippen LogP contribution is 2.21. The molecule has 0 rings (SSSR count). The number of nitrogens with zero attached hydrogens (tertiary/aromatic N) is 2. The van der Waals surface area contributed by atoms with Crippen molar-refractivity contribution in [2.24, 2.45) is 0 Å². The fourth-order valence-corrected chi connectivity index (χ4v) is 3.42. The molecule has 0 heterocycles. The molecule has 0 aliphatic rings. The van der Waals surface area contributed by atoms with Crippen molar-refractivity contribution in [3.63, 3.8) is 0 Å². The van der Waals surface area contributed by atoms with E-state index in [2.05, 4.69) is 0 Å². The van der Waals surface area contributed by atoms with E-state index in [0.717, 1.165) is 11.5 Å². The van der Waals surface area contributed by atoms with Gasteiger partial charge in [-0.05, 0) is 41.5 Å². The maximum atomic E-state index is 11.8. The summed E-state index contributed by atoms with van der Waals surface area (Å²) in [5.74, 6) is 1.60. The van der Waals surface area contributed by atoms with Crippen LogP contribution in [0.25, 0.3) is 0 Å². The molecule has 0 saturated carbocycles. The average Bonchev–Trinajstić information content (AvgIpc) is 2.38. The third-order valence-corrected chi connectivity index (χ3v) is 4.88. The molecule has 0 aromatic rings. The summed E-state index contributed by atoms with van der Waals surface area (Å²) in [4.78, 5) is 26.7. The molecule has 142 valence electrons. The summed E-state index contributed by atoms with van der Waals surface area (Å²) in [6, 6.07) is 0. The summed E-state index contributed by atoms with van der Waals surface area (Å²) in [5.41, 5.74) is -0.945. The number of carbonyl (C=O) groups is 2. The highest BCUT2D eigenvalue weighted by Gasteiger charge is 2.20. The van der Waals surface area contributed by atoms with Crippen molar-refractivity contribution >= 4 is 33.8 Å². The van der Waals surface area contributed by atoms with Crippen molar-refractivity contribution in [2.75, 3.05) is 38.7 Å². The van der Waals surface area contributed by atoms with Gasteiger partial charge in [-0.1, -0.05) is 21.6 Å². The van der Waals surface area contributed by atoms with Crippen molar-refractivity contribution in [3.8, 4) is 0 Å². The Morgan fingerprint density at radius 3 is 1.29 bits per heavy atom. The van der Waals surface area contributed by atoms with Gasteiger partial charge in [0.1, 0.15) is 11.2 Å². The molecule has 0 saturated heterocycles. The van der Waals surface area contributed by atoms with E-state index in [-0.39, 0.29) is 12.2 Å². The van der Waals surface area contributed by atoms with Gasteiger partial charge < -0.3 is 19.3 Å². The summed E-state index contributed by atoms with van der Waals surface area (Å²) in [7, 11) is 6.81. The average molecular weight is 381 g/mol. The lowest BCUT2D eigenvalue weighted by Crippen LogP contribution is -2.35. The molecule has 0 aromatic carbocycles. The molecule has 24 heavy (non-hydrogen) atoms. The molecule has 0 bridgehead atoms. The molecule has 0 aliphatic carbocycles. The molecule has 2 amide bonds. The van der Waals surface area contributed by atoms with Crippen molar-refractivity contribution in [2.45, 2.75) is 52.7 Å². The van der Waals surface area contributed by atoms with Crippen LogP contribution in [0.5, 0.6) is 0 Å². The van der Waals surface area contributed by atoms with E-state index in [9.17, 15) is 9.59 Å². The van der Waals surface area contributed by atoms with Crippen LogP contribution < -0.4 is 0 Å². The third-order valence-electron chi connectivity index (χ3n) is 2.51. The topological polar surface area (TPSA) is 59.1 Å². The first-order chi connectivity index (χ1) is 10.8. The maximum Gasteiger partial charge on any atom is 0.410 e. The minimum atomic E-state index is -0.473. The quantitative estimate of drug-likeness (QED) is 0.489. The predicted octanol–water partition coefficient (Wildman–Crippen LogP) is 4.10. The van der Waals surface area contributed by atoms with Gasteiger partial charge in [0.2, 0.25) is 0 Å². The second kappa shape index (κ2) is 10.3. The first kappa shape index (κ1) is 23.2. The summed E-state index contributed by atoms with van der Waals surface area (Å²) in [6.07, 6.45) is -0.615. The molecule has 0 atom stereocenters. The maximum absolute atomic E-state index is 11.8. The fraction of sp³-hybridized carbons (Fsp3) is 0.875. The first-order valence-electron chi connectivity index (χ1n) is 7.94. The molecule has 0 radical (unpaired) electrons. The van der Waals surface area contributed by atoms with Crippen LogP contribution >= 0.6 is 21.6 Å². The summed E-state index contributed by atoms with van der Waals surface area (Å²) in [5, 5.41) is 0. The Balaban J connectivity index is 3.80.